The fourth-order valence-electron chi connectivity index (χ4n) is 3.27. The Labute approximate surface area is 186 Å². The van der Waals surface area contributed by atoms with Crippen LogP contribution >= 0.6 is 33.9 Å². The van der Waals surface area contributed by atoms with Crippen LogP contribution in [0.25, 0.3) is 0 Å². The monoisotopic (exact) mass is 521 g/mol. The van der Waals surface area contributed by atoms with Crippen LogP contribution < -0.4 is 10.6 Å². The van der Waals surface area contributed by atoms with Crippen LogP contribution in [0, 0.1) is 3.57 Å². The highest BCUT2D eigenvalue weighted by atomic mass is 127. The van der Waals surface area contributed by atoms with Crippen molar-refractivity contribution in [3.63, 3.8) is 0 Å². The van der Waals surface area contributed by atoms with Gasteiger partial charge in [-0.05, 0) is 71.6 Å². The summed E-state index contributed by atoms with van der Waals surface area (Å²) in [7, 11) is 0. The predicted octanol–water partition coefficient (Wildman–Crippen LogP) is 3.80. The number of thiophene rings is 1. The Balaban J connectivity index is 1.70. The standard InChI is InChI=1S/C20H20IN5O2S/c1-12-17(19(28)23-14-8-6-13(21)7-9-14)18(15-4-3-11-29-15)26-20(22-12)24-16(25-26)5-2-10-27/h3-4,6-9,11,18,27H,2,5,10H2,1H3,(H,23,28)(H,22,24,25). The average Bonchev–Trinajstić information content (AvgIpc) is 3.36. The lowest BCUT2D eigenvalue weighted by molar-refractivity contribution is -0.113. The van der Waals surface area contributed by atoms with E-state index in [0.717, 1.165) is 19.8 Å². The lowest BCUT2D eigenvalue weighted by Gasteiger charge is -2.27. The summed E-state index contributed by atoms with van der Waals surface area (Å²) in [5, 5.41) is 22.0. The molecule has 2 aromatic heterocycles. The molecule has 4 rings (SSSR count). The molecule has 0 fully saturated rings. The predicted molar refractivity (Wildman–Crippen MR) is 122 cm³/mol. The molecule has 1 aliphatic heterocycles. The Morgan fingerprint density at radius 3 is 2.83 bits per heavy atom. The van der Waals surface area contributed by atoms with Gasteiger partial charge in [-0.1, -0.05) is 6.07 Å². The van der Waals surface area contributed by atoms with E-state index in [2.05, 4.69) is 43.3 Å². The molecule has 0 saturated carbocycles. The number of hydrogen-bond donors (Lipinski definition) is 3. The van der Waals surface area contributed by atoms with Crippen molar-refractivity contribution in [2.75, 3.05) is 17.2 Å². The van der Waals surface area contributed by atoms with Gasteiger partial charge >= 0.3 is 0 Å². The Morgan fingerprint density at radius 2 is 2.14 bits per heavy atom. The maximum absolute atomic E-state index is 13.3. The molecule has 0 aliphatic carbocycles. The van der Waals surface area contributed by atoms with E-state index in [4.69, 9.17) is 5.11 Å². The lowest BCUT2D eigenvalue weighted by atomic mass is 10.0. The maximum Gasteiger partial charge on any atom is 0.255 e. The van der Waals surface area contributed by atoms with Crippen molar-refractivity contribution in [1.29, 1.82) is 0 Å². The van der Waals surface area contributed by atoms with Crippen molar-refractivity contribution in [3.05, 3.63) is 67.3 Å². The molecule has 1 aromatic carbocycles. The number of rotatable bonds is 6. The number of aromatic nitrogens is 3. The second-order valence-corrected chi connectivity index (χ2v) is 8.89. The van der Waals surface area contributed by atoms with Gasteiger partial charge in [-0.2, -0.15) is 10.1 Å². The zero-order chi connectivity index (χ0) is 20.4. The number of aryl methyl sites for hydroxylation is 1. The summed E-state index contributed by atoms with van der Waals surface area (Å²) in [6.45, 7) is 1.97. The van der Waals surface area contributed by atoms with Crippen LogP contribution in [0.1, 0.15) is 30.1 Å². The minimum atomic E-state index is -0.356. The summed E-state index contributed by atoms with van der Waals surface area (Å²) in [5.74, 6) is 1.09. The third-order valence-corrected chi connectivity index (χ3v) is 6.26. The van der Waals surface area contributed by atoms with Crippen LogP contribution in [0.2, 0.25) is 0 Å². The Kier molecular flexibility index (Phi) is 5.97. The first-order valence-electron chi connectivity index (χ1n) is 9.21. The molecule has 9 heteroatoms. The number of carbonyl (C=O) groups excluding carboxylic acids is 1. The summed E-state index contributed by atoms with van der Waals surface area (Å²) < 4.78 is 2.88. The van der Waals surface area contributed by atoms with Gasteiger partial charge in [0.2, 0.25) is 5.95 Å². The molecule has 3 N–H and O–H groups in total. The Bertz CT molecular complexity index is 1040. The van der Waals surface area contributed by atoms with Gasteiger partial charge in [0, 0.05) is 32.9 Å². The van der Waals surface area contributed by atoms with Crippen molar-refractivity contribution in [3.8, 4) is 0 Å². The van der Waals surface area contributed by atoms with Crippen molar-refractivity contribution < 1.29 is 9.90 Å². The molecule has 0 radical (unpaired) electrons. The average molecular weight is 521 g/mol. The summed E-state index contributed by atoms with van der Waals surface area (Å²) in [6.07, 6.45) is 1.18. The first-order valence-corrected chi connectivity index (χ1v) is 11.2. The van der Waals surface area contributed by atoms with E-state index in [1.165, 1.54) is 0 Å². The number of fused-ring (bicyclic) bond motifs is 1. The largest absolute Gasteiger partial charge is 0.396 e. The van der Waals surface area contributed by atoms with Crippen LogP contribution in [-0.2, 0) is 11.2 Å². The number of allylic oxidation sites excluding steroid dienone is 1. The number of aliphatic hydroxyl groups excluding tert-OH is 1. The maximum atomic E-state index is 13.3. The van der Waals surface area contributed by atoms with Crippen LogP contribution in [-0.4, -0.2) is 32.4 Å². The molecule has 0 bridgehead atoms. The molecular formula is C20H20IN5O2S. The third-order valence-electron chi connectivity index (χ3n) is 4.61. The Morgan fingerprint density at radius 1 is 1.34 bits per heavy atom. The molecule has 3 aromatic rings. The van der Waals surface area contributed by atoms with E-state index >= 15 is 0 Å². The molecule has 29 heavy (non-hydrogen) atoms. The SMILES string of the molecule is CC1=C(C(=O)Nc2ccc(I)cc2)C(c2cccs2)n2nc(CCCO)nc2N1. The molecular weight excluding hydrogens is 501 g/mol. The molecule has 150 valence electrons. The molecule has 1 aliphatic rings. The molecule has 1 amide bonds. The highest BCUT2D eigenvalue weighted by Crippen LogP contribution is 2.37. The van der Waals surface area contributed by atoms with Crippen LogP contribution in [0.5, 0.6) is 0 Å². The highest BCUT2D eigenvalue weighted by molar-refractivity contribution is 14.1. The third kappa shape index (κ3) is 4.21. The highest BCUT2D eigenvalue weighted by Gasteiger charge is 2.34. The quantitative estimate of drug-likeness (QED) is 0.430. The lowest BCUT2D eigenvalue weighted by Crippen LogP contribution is -2.31. The smallest absolute Gasteiger partial charge is 0.255 e. The summed E-state index contributed by atoms with van der Waals surface area (Å²) in [5.41, 5.74) is 2.10. The summed E-state index contributed by atoms with van der Waals surface area (Å²) in [4.78, 5) is 18.8. The Hall–Kier alpha value is -2.24. The number of nitrogens with zero attached hydrogens (tertiary/aromatic N) is 3. The van der Waals surface area contributed by atoms with Gasteiger partial charge in [-0.3, -0.25) is 4.79 Å². The van der Waals surface area contributed by atoms with Crippen LogP contribution in [0.3, 0.4) is 0 Å². The molecule has 3 heterocycles. The van der Waals surface area contributed by atoms with E-state index < -0.39 is 0 Å². The second-order valence-electron chi connectivity index (χ2n) is 6.67. The minimum Gasteiger partial charge on any atom is -0.396 e. The first-order chi connectivity index (χ1) is 14.1. The molecule has 0 spiro atoms. The van der Waals surface area contributed by atoms with Crippen LogP contribution in [0.4, 0.5) is 11.6 Å². The number of amides is 1. The zero-order valence-electron chi connectivity index (χ0n) is 15.7. The number of benzene rings is 1. The number of nitrogens with one attached hydrogen (secondary N) is 2. The van der Waals surface area contributed by atoms with Crippen LogP contribution in [0.15, 0.2) is 53.0 Å². The normalized spacial score (nSPS) is 15.8. The number of carbonyl (C=O) groups is 1. The van der Waals surface area contributed by atoms with Crippen molar-refractivity contribution in [2.24, 2.45) is 0 Å². The van der Waals surface area contributed by atoms with Gasteiger partial charge in [0.15, 0.2) is 5.82 Å². The van der Waals surface area contributed by atoms with Gasteiger partial charge < -0.3 is 15.7 Å². The number of anilines is 2. The van der Waals surface area contributed by atoms with Gasteiger partial charge in [-0.15, -0.1) is 11.3 Å². The molecule has 1 atom stereocenters. The first kappa shape index (κ1) is 20.0. The van der Waals surface area contributed by atoms with E-state index in [-0.39, 0.29) is 18.6 Å². The van der Waals surface area contributed by atoms with E-state index in [9.17, 15) is 4.79 Å². The van der Waals surface area contributed by atoms with Crippen molar-refractivity contribution in [1.82, 2.24) is 14.8 Å². The molecule has 7 nitrogen and oxygen atoms in total. The van der Waals surface area contributed by atoms with Crippen molar-refractivity contribution in [2.45, 2.75) is 25.8 Å². The van der Waals surface area contributed by atoms with Gasteiger partial charge in [0.1, 0.15) is 6.04 Å². The minimum absolute atomic E-state index is 0.0899. The fourth-order valence-corrected chi connectivity index (χ4v) is 4.45. The molecule has 1 unspecified atom stereocenters. The fraction of sp³-hybridized carbons (Fsp3) is 0.250. The number of hydrogen-bond acceptors (Lipinski definition) is 6. The second kappa shape index (κ2) is 8.64. The van der Waals surface area contributed by atoms with Gasteiger partial charge in [-0.25, -0.2) is 4.68 Å². The number of aliphatic hydroxyl groups is 1. The van der Waals surface area contributed by atoms with E-state index in [1.807, 2.05) is 48.7 Å². The topological polar surface area (TPSA) is 92.1 Å². The summed E-state index contributed by atoms with van der Waals surface area (Å²) >= 11 is 3.81. The zero-order valence-corrected chi connectivity index (χ0v) is 18.7. The van der Waals surface area contributed by atoms with Crippen molar-refractivity contribution >= 4 is 51.5 Å². The molecule has 0 saturated heterocycles. The van der Waals surface area contributed by atoms with Gasteiger partial charge in [0.05, 0.1) is 5.57 Å². The number of halogens is 1. The van der Waals surface area contributed by atoms with E-state index in [1.54, 1.807) is 16.0 Å². The van der Waals surface area contributed by atoms with Gasteiger partial charge in [0.25, 0.3) is 5.91 Å². The van der Waals surface area contributed by atoms with E-state index in [0.29, 0.717) is 30.2 Å². The summed E-state index contributed by atoms with van der Waals surface area (Å²) in [6, 6.07) is 11.3.